The molecule has 8 nitrogen and oxygen atoms in total. The van der Waals surface area contributed by atoms with Crippen molar-refractivity contribution < 1.29 is 22.7 Å². The van der Waals surface area contributed by atoms with Crippen molar-refractivity contribution in [3.63, 3.8) is 0 Å². The lowest BCUT2D eigenvalue weighted by atomic mass is 9.65. The Morgan fingerprint density at radius 3 is 2.52 bits per heavy atom. The van der Waals surface area contributed by atoms with E-state index in [1.165, 1.54) is 23.5 Å². The summed E-state index contributed by atoms with van der Waals surface area (Å²) >= 11 is 1.42. The van der Waals surface area contributed by atoms with Crippen LogP contribution in [0.4, 0.5) is 5.00 Å². The Kier molecular flexibility index (Phi) is 7.93. The Hall–Kier alpha value is -2.27. The van der Waals surface area contributed by atoms with Crippen LogP contribution < -0.4 is 5.32 Å². The van der Waals surface area contributed by atoms with Crippen LogP contribution in [0.5, 0.6) is 0 Å². The van der Waals surface area contributed by atoms with E-state index in [1.807, 2.05) is 0 Å². The van der Waals surface area contributed by atoms with E-state index in [-0.39, 0.29) is 34.3 Å². The van der Waals surface area contributed by atoms with E-state index in [0.29, 0.717) is 22.7 Å². The topological polar surface area (TPSA) is 96.0 Å². The molecule has 2 aromatic rings. The zero-order valence-corrected chi connectivity index (χ0v) is 25.8. The molecule has 40 heavy (non-hydrogen) atoms. The summed E-state index contributed by atoms with van der Waals surface area (Å²) in [6.07, 6.45) is 4.54. The molecule has 5 rings (SSSR count). The van der Waals surface area contributed by atoms with Crippen LogP contribution in [0.1, 0.15) is 91.5 Å². The number of hydrogen-bond donors (Lipinski definition) is 1. The Morgan fingerprint density at radius 1 is 1.12 bits per heavy atom. The average molecular weight is 588 g/mol. The predicted molar refractivity (Wildman–Crippen MR) is 157 cm³/mol. The highest BCUT2D eigenvalue weighted by molar-refractivity contribution is 7.89. The smallest absolute Gasteiger partial charge is 0.341 e. The molecule has 2 fully saturated rings. The summed E-state index contributed by atoms with van der Waals surface area (Å²) in [4.78, 5) is 29.8. The average Bonchev–Trinajstić information content (AvgIpc) is 3.36. The molecule has 3 aliphatic rings. The van der Waals surface area contributed by atoms with E-state index in [2.05, 4.69) is 37.9 Å². The number of carbonyl (C=O) groups excluding carboxylic acids is 2. The number of hydrogen-bond acceptors (Lipinski definition) is 7. The summed E-state index contributed by atoms with van der Waals surface area (Å²) in [6.45, 7) is 13.9. The normalized spacial score (nSPS) is 24.5. The SMILES string of the molecule is CCCN1CCc2c(sc(NC(=O)c3ccc(S(=O)(=O)N4CC5(C)CC4CC(C)(C)C5)cc3)c2C(=O)OCC)C1. The quantitative estimate of drug-likeness (QED) is 0.408. The lowest BCUT2D eigenvalue weighted by molar-refractivity contribution is 0.0526. The van der Waals surface area contributed by atoms with Gasteiger partial charge in [-0.1, -0.05) is 27.7 Å². The molecule has 218 valence electrons. The fraction of sp³-hybridized carbons (Fsp3) is 0.600. The van der Waals surface area contributed by atoms with Crippen LogP contribution in [0.3, 0.4) is 0 Å². The Balaban J connectivity index is 1.35. The fourth-order valence-electron chi connectivity index (χ4n) is 7.25. The van der Waals surface area contributed by atoms with Gasteiger partial charge in [0.25, 0.3) is 5.91 Å². The highest BCUT2D eigenvalue weighted by Gasteiger charge is 2.53. The van der Waals surface area contributed by atoms with Gasteiger partial charge in [0.1, 0.15) is 5.00 Å². The summed E-state index contributed by atoms with van der Waals surface area (Å²) in [5.74, 6) is -0.807. The van der Waals surface area contributed by atoms with Gasteiger partial charge in [0.15, 0.2) is 0 Å². The number of thiophene rings is 1. The molecule has 1 aromatic carbocycles. The fourth-order valence-corrected chi connectivity index (χ4v) is 10.3. The molecule has 1 saturated heterocycles. The lowest BCUT2D eigenvalue weighted by Gasteiger charge is -2.39. The molecule has 2 atom stereocenters. The van der Waals surface area contributed by atoms with Gasteiger partial charge in [0, 0.05) is 36.1 Å². The molecular weight excluding hydrogens is 546 g/mol. The molecule has 2 aliphatic heterocycles. The Bertz CT molecular complexity index is 1400. The lowest BCUT2D eigenvalue weighted by Crippen LogP contribution is -2.37. The van der Waals surface area contributed by atoms with Crippen LogP contribution in [-0.2, 0) is 27.7 Å². The second-order valence-corrected chi connectivity index (χ2v) is 15.7. The van der Waals surface area contributed by atoms with Gasteiger partial charge in [-0.3, -0.25) is 9.69 Å². The molecule has 2 unspecified atom stereocenters. The highest BCUT2D eigenvalue weighted by Crippen LogP contribution is 2.53. The van der Waals surface area contributed by atoms with Gasteiger partial charge in [-0.25, -0.2) is 13.2 Å². The van der Waals surface area contributed by atoms with Crippen molar-refractivity contribution in [2.75, 3.05) is 31.6 Å². The van der Waals surface area contributed by atoms with Crippen molar-refractivity contribution in [2.45, 2.75) is 84.2 Å². The number of nitrogens with one attached hydrogen (secondary N) is 1. The summed E-state index contributed by atoms with van der Waals surface area (Å²) in [5.41, 5.74) is 1.84. The molecule has 0 spiro atoms. The van der Waals surface area contributed by atoms with Crippen LogP contribution in [0.15, 0.2) is 29.2 Å². The van der Waals surface area contributed by atoms with Gasteiger partial charge in [-0.05, 0) is 86.2 Å². The zero-order valence-electron chi connectivity index (χ0n) is 24.2. The van der Waals surface area contributed by atoms with Crippen LogP contribution in [0.2, 0.25) is 0 Å². The molecule has 1 N–H and O–H groups in total. The number of anilines is 1. The molecule has 1 aliphatic carbocycles. The Labute approximate surface area is 242 Å². The summed E-state index contributed by atoms with van der Waals surface area (Å²) in [6, 6.07) is 6.15. The molecule has 1 aromatic heterocycles. The van der Waals surface area contributed by atoms with Gasteiger partial charge in [-0.2, -0.15) is 4.31 Å². The maximum Gasteiger partial charge on any atom is 0.341 e. The van der Waals surface area contributed by atoms with Crippen LogP contribution in [0, 0.1) is 10.8 Å². The van der Waals surface area contributed by atoms with Crippen LogP contribution >= 0.6 is 11.3 Å². The molecule has 1 amide bonds. The van der Waals surface area contributed by atoms with Crippen molar-refractivity contribution in [3.8, 4) is 0 Å². The van der Waals surface area contributed by atoms with E-state index in [1.54, 1.807) is 23.4 Å². The van der Waals surface area contributed by atoms with E-state index in [4.69, 9.17) is 4.74 Å². The van der Waals surface area contributed by atoms with Crippen molar-refractivity contribution in [2.24, 2.45) is 10.8 Å². The van der Waals surface area contributed by atoms with E-state index < -0.39 is 16.0 Å². The molecular formula is C30H41N3O5S2. The summed E-state index contributed by atoms with van der Waals surface area (Å²) in [5, 5.41) is 3.42. The first-order valence-corrected chi connectivity index (χ1v) is 16.6. The van der Waals surface area contributed by atoms with Crippen molar-refractivity contribution >= 4 is 38.2 Å². The first-order valence-electron chi connectivity index (χ1n) is 14.3. The van der Waals surface area contributed by atoms with Crippen molar-refractivity contribution in [3.05, 3.63) is 45.8 Å². The van der Waals surface area contributed by atoms with Gasteiger partial charge in [0.05, 0.1) is 17.1 Å². The van der Waals surface area contributed by atoms with E-state index in [9.17, 15) is 18.0 Å². The molecule has 0 radical (unpaired) electrons. The maximum atomic E-state index is 13.6. The first kappa shape index (κ1) is 29.2. The van der Waals surface area contributed by atoms with Gasteiger partial charge >= 0.3 is 5.97 Å². The minimum atomic E-state index is -3.68. The largest absolute Gasteiger partial charge is 0.462 e. The predicted octanol–water partition coefficient (Wildman–Crippen LogP) is 5.53. The van der Waals surface area contributed by atoms with Crippen molar-refractivity contribution in [1.82, 2.24) is 9.21 Å². The number of nitrogens with zero attached hydrogens (tertiary/aromatic N) is 2. The van der Waals surface area contributed by atoms with E-state index in [0.717, 1.165) is 62.2 Å². The molecule has 10 heteroatoms. The first-order chi connectivity index (χ1) is 18.9. The second-order valence-electron chi connectivity index (χ2n) is 12.7. The van der Waals surface area contributed by atoms with Gasteiger partial charge in [0.2, 0.25) is 10.0 Å². The molecule has 2 bridgehead atoms. The maximum absolute atomic E-state index is 13.6. The monoisotopic (exact) mass is 587 g/mol. The zero-order chi connectivity index (χ0) is 28.9. The molecule has 1 saturated carbocycles. The number of rotatable bonds is 8. The highest BCUT2D eigenvalue weighted by atomic mass is 32.2. The van der Waals surface area contributed by atoms with E-state index >= 15 is 0 Å². The van der Waals surface area contributed by atoms with Gasteiger partial charge in [-0.15, -0.1) is 11.3 Å². The molecule has 3 heterocycles. The number of sulfonamides is 1. The third-order valence-corrected chi connectivity index (χ3v) is 11.5. The number of benzene rings is 1. The standard InChI is InChI=1S/C30H41N3O5S2/c1-6-13-32-14-12-23-24(17-32)39-27(25(23)28(35)38-7-2)31-26(34)20-8-10-22(11-9-20)40(36,37)33-19-30(5)16-21(33)15-29(3,4)18-30/h8-11,21H,6-7,12-19H2,1-5H3,(H,31,34). The minimum Gasteiger partial charge on any atom is -0.462 e. The van der Waals surface area contributed by atoms with Crippen molar-refractivity contribution in [1.29, 1.82) is 0 Å². The number of esters is 1. The number of ether oxygens (including phenoxy) is 1. The second kappa shape index (κ2) is 10.9. The number of carbonyl (C=O) groups is 2. The van der Waals surface area contributed by atoms with Gasteiger partial charge < -0.3 is 10.1 Å². The summed E-state index contributed by atoms with van der Waals surface area (Å²) < 4.78 is 34.3. The minimum absolute atomic E-state index is 0.00105. The number of fused-ring (bicyclic) bond motifs is 3. The van der Waals surface area contributed by atoms with Crippen LogP contribution in [-0.4, -0.2) is 61.8 Å². The third-order valence-electron chi connectivity index (χ3n) is 8.47. The summed E-state index contributed by atoms with van der Waals surface area (Å²) in [7, 11) is -3.68. The third kappa shape index (κ3) is 5.60. The number of amides is 1. The van der Waals surface area contributed by atoms with Crippen LogP contribution in [0.25, 0.3) is 0 Å². The Morgan fingerprint density at radius 2 is 1.85 bits per heavy atom.